The molecule has 1 fully saturated rings. The summed E-state index contributed by atoms with van der Waals surface area (Å²) in [7, 11) is 1.59. The topological polar surface area (TPSA) is 69.1 Å². The molecular weight excluding hydrogens is 524 g/mol. The molecule has 1 aromatic rings. The Morgan fingerprint density at radius 1 is 1.23 bits per heavy atom. The van der Waals surface area contributed by atoms with Crippen LogP contribution in [-0.2, 0) is 0 Å². The molecule has 0 bridgehead atoms. The first-order valence-electron chi connectivity index (χ1n) is 10.4. The van der Waals surface area contributed by atoms with E-state index in [9.17, 15) is 18.3 Å². The van der Waals surface area contributed by atoms with Gasteiger partial charge in [0.1, 0.15) is 5.75 Å². The molecule has 1 aliphatic rings. The molecule has 3 N–H and O–H groups in total. The number of aliphatic hydroxyl groups excluding tert-OH is 1. The van der Waals surface area contributed by atoms with Crippen LogP contribution >= 0.6 is 24.0 Å². The second-order valence-electron chi connectivity index (χ2n) is 7.56. The van der Waals surface area contributed by atoms with Gasteiger partial charge >= 0.3 is 6.18 Å². The SMILES string of the molecule is CCNC(=NCC(O)c1ccc(OC)cc1)NCCC1CCN(CC(F)(F)F)CC1.I. The molecule has 1 atom stereocenters. The molecule has 2 rings (SSSR count). The maximum absolute atomic E-state index is 12.5. The summed E-state index contributed by atoms with van der Waals surface area (Å²) in [6.07, 6.45) is -2.40. The number of ether oxygens (including phenoxy) is 1. The van der Waals surface area contributed by atoms with E-state index in [2.05, 4.69) is 15.6 Å². The monoisotopic (exact) mass is 558 g/mol. The molecular formula is C21H34F3IN4O2. The number of piperidine rings is 1. The minimum atomic E-state index is -4.12. The third-order valence-corrected chi connectivity index (χ3v) is 5.22. The Morgan fingerprint density at radius 2 is 1.87 bits per heavy atom. The lowest BCUT2D eigenvalue weighted by atomic mass is 9.93. The molecule has 1 aliphatic heterocycles. The van der Waals surface area contributed by atoms with E-state index in [0.29, 0.717) is 38.1 Å². The van der Waals surface area contributed by atoms with Gasteiger partial charge in [-0.3, -0.25) is 9.89 Å². The standard InChI is InChI=1S/C21H33F3N4O2.HI/c1-3-25-20(27-14-19(29)17-4-6-18(30-2)7-5-17)26-11-8-16-9-12-28(13-10-16)15-21(22,23)24;/h4-7,16,19,29H,3,8-15H2,1-2H3,(H2,25,26,27);1H. The van der Waals surface area contributed by atoms with Gasteiger partial charge in [-0.05, 0) is 62.9 Å². The summed E-state index contributed by atoms with van der Waals surface area (Å²) < 4.78 is 42.6. The zero-order valence-corrected chi connectivity index (χ0v) is 20.5. The Bertz CT molecular complexity index is 651. The van der Waals surface area contributed by atoms with Crippen molar-refractivity contribution in [2.45, 2.75) is 38.5 Å². The summed E-state index contributed by atoms with van der Waals surface area (Å²) in [5, 5.41) is 16.8. The molecule has 1 unspecified atom stereocenters. The molecule has 10 heteroatoms. The van der Waals surface area contributed by atoms with Crippen LogP contribution in [0, 0.1) is 5.92 Å². The van der Waals surface area contributed by atoms with E-state index in [1.54, 1.807) is 19.2 Å². The number of likely N-dealkylation sites (tertiary alicyclic amines) is 1. The van der Waals surface area contributed by atoms with Gasteiger partial charge in [0.25, 0.3) is 0 Å². The van der Waals surface area contributed by atoms with Crippen LogP contribution in [0.4, 0.5) is 13.2 Å². The Hall–Kier alpha value is -1.27. The number of rotatable bonds is 9. The molecule has 178 valence electrons. The minimum absolute atomic E-state index is 0. The zero-order chi connectivity index (χ0) is 22.0. The number of nitrogens with zero attached hydrogens (tertiary/aromatic N) is 2. The van der Waals surface area contributed by atoms with E-state index in [1.807, 2.05) is 19.1 Å². The van der Waals surface area contributed by atoms with Crippen molar-refractivity contribution in [1.29, 1.82) is 0 Å². The van der Waals surface area contributed by atoms with Crippen molar-refractivity contribution in [3.8, 4) is 5.75 Å². The molecule has 0 amide bonds. The lowest BCUT2D eigenvalue weighted by Gasteiger charge is -2.32. The van der Waals surface area contributed by atoms with Crippen LogP contribution in [0.5, 0.6) is 5.75 Å². The summed E-state index contributed by atoms with van der Waals surface area (Å²) in [5.74, 6) is 1.77. The molecule has 1 saturated heterocycles. The minimum Gasteiger partial charge on any atom is -0.497 e. The highest BCUT2D eigenvalue weighted by atomic mass is 127. The van der Waals surface area contributed by atoms with Crippen molar-refractivity contribution < 1.29 is 23.0 Å². The van der Waals surface area contributed by atoms with Crippen LogP contribution in [0.3, 0.4) is 0 Å². The van der Waals surface area contributed by atoms with Crippen LogP contribution in [0.25, 0.3) is 0 Å². The number of benzene rings is 1. The smallest absolute Gasteiger partial charge is 0.401 e. The van der Waals surface area contributed by atoms with Crippen LogP contribution in [0.1, 0.15) is 37.9 Å². The fourth-order valence-corrected chi connectivity index (χ4v) is 3.53. The number of nitrogens with one attached hydrogen (secondary N) is 2. The molecule has 0 saturated carbocycles. The Morgan fingerprint density at radius 3 is 2.42 bits per heavy atom. The number of alkyl halides is 3. The molecule has 1 heterocycles. The third-order valence-electron chi connectivity index (χ3n) is 5.22. The van der Waals surface area contributed by atoms with Gasteiger partial charge in [0.15, 0.2) is 5.96 Å². The Balaban J connectivity index is 0.00000480. The van der Waals surface area contributed by atoms with E-state index < -0.39 is 18.8 Å². The van der Waals surface area contributed by atoms with Crippen LogP contribution in [0.2, 0.25) is 0 Å². The fraction of sp³-hybridized carbons (Fsp3) is 0.667. The van der Waals surface area contributed by atoms with Gasteiger partial charge in [-0.1, -0.05) is 12.1 Å². The lowest BCUT2D eigenvalue weighted by molar-refractivity contribution is -0.148. The van der Waals surface area contributed by atoms with Crippen molar-refractivity contribution in [2.24, 2.45) is 10.9 Å². The summed E-state index contributed by atoms with van der Waals surface area (Å²) in [6, 6.07) is 7.21. The van der Waals surface area contributed by atoms with Crippen LogP contribution in [0.15, 0.2) is 29.3 Å². The number of guanidine groups is 1. The summed E-state index contributed by atoms with van der Waals surface area (Å²) >= 11 is 0. The number of aliphatic hydroxyl groups is 1. The maximum atomic E-state index is 12.5. The second kappa shape index (κ2) is 14.0. The van der Waals surface area contributed by atoms with E-state index >= 15 is 0 Å². The number of aliphatic imine (C=N–C) groups is 1. The first-order chi connectivity index (χ1) is 14.3. The third kappa shape index (κ3) is 10.7. The summed E-state index contributed by atoms with van der Waals surface area (Å²) in [5.41, 5.74) is 0.765. The highest BCUT2D eigenvalue weighted by Crippen LogP contribution is 2.24. The van der Waals surface area contributed by atoms with Crippen LogP contribution < -0.4 is 15.4 Å². The Kier molecular flexibility index (Phi) is 12.5. The van der Waals surface area contributed by atoms with Gasteiger partial charge in [0.05, 0.1) is 26.3 Å². The molecule has 0 aliphatic carbocycles. The van der Waals surface area contributed by atoms with Gasteiger partial charge in [0.2, 0.25) is 0 Å². The number of hydrogen-bond acceptors (Lipinski definition) is 4. The van der Waals surface area contributed by atoms with Crippen LogP contribution in [-0.4, -0.2) is 68.5 Å². The summed E-state index contributed by atoms with van der Waals surface area (Å²) in [6.45, 7) is 3.74. The van der Waals surface area contributed by atoms with Crippen molar-refractivity contribution >= 4 is 29.9 Å². The predicted molar refractivity (Wildman–Crippen MR) is 127 cm³/mol. The molecule has 6 nitrogen and oxygen atoms in total. The lowest BCUT2D eigenvalue weighted by Crippen LogP contribution is -2.41. The molecule has 0 radical (unpaired) electrons. The largest absolute Gasteiger partial charge is 0.497 e. The van der Waals surface area contributed by atoms with Gasteiger partial charge in [-0.15, -0.1) is 24.0 Å². The Labute approximate surface area is 199 Å². The average Bonchev–Trinajstić information content (AvgIpc) is 2.72. The average molecular weight is 558 g/mol. The van der Waals surface area contributed by atoms with Crippen molar-refractivity contribution in [3.05, 3.63) is 29.8 Å². The van der Waals surface area contributed by atoms with E-state index in [4.69, 9.17) is 4.74 Å². The number of methoxy groups -OCH3 is 1. The normalized spacial score (nSPS) is 17.0. The van der Waals surface area contributed by atoms with Gasteiger partial charge in [-0.25, -0.2) is 0 Å². The number of hydrogen-bond donors (Lipinski definition) is 3. The summed E-state index contributed by atoms with van der Waals surface area (Å²) in [4.78, 5) is 5.93. The molecule has 0 spiro atoms. The molecule has 0 aromatic heterocycles. The van der Waals surface area contributed by atoms with Gasteiger partial charge < -0.3 is 20.5 Å². The van der Waals surface area contributed by atoms with Gasteiger partial charge in [0, 0.05) is 13.1 Å². The quantitative estimate of drug-likeness (QED) is 0.246. The van der Waals surface area contributed by atoms with Crippen molar-refractivity contribution in [1.82, 2.24) is 15.5 Å². The van der Waals surface area contributed by atoms with Gasteiger partial charge in [-0.2, -0.15) is 13.2 Å². The highest BCUT2D eigenvalue weighted by molar-refractivity contribution is 14.0. The zero-order valence-electron chi connectivity index (χ0n) is 18.1. The van der Waals surface area contributed by atoms with E-state index in [1.165, 1.54) is 4.90 Å². The molecule has 1 aromatic carbocycles. The maximum Gasteiger partial charge on any atom is 0.401 e. The fourth-order valence-electron chi connectivity index (χ4n) is 3.53. The van der Waals surface area contributed by atoms with E-state index in [0.717, 1.165) is 30.6 Å². The van der Waals surface area contributed by atoms with Crippen molar-refractivity contribution in [3.63, 3.8) is 0 Å². The van der Waals surface area contributed by atoms with Crippen molar-refractivity contribution in [2.75, 3.05) is 46.4 Å². The predicted octanol–water partition coefficient (Wildman–Crippen LogP) is 3.57. The van der Waals surface area contributed by atoms with E-state index in [-0.39, 0.29) is 30.5 Å². The second-order valence-corrected chi connectivity index (χ2v) is 7.56. The highest BCUT2D eigenvalue weighted by Gasteiger charge is 2.32. The first-order valence-corrected chi connectivity index (χ1v) is 10.4. The number of halogens is 4. The first kappa shape index (κ1) is 27.8. The molecule has 31 heavy (non-hydrogen) atoms.